The first-order chi connectivity index (χ1) is 4.18. The summed E-state index contributed by atoms with van der Waals surface area (Å²) in [6, 6.07) is 0. The Morgan fingerprint density at radius 1 is 1.44 bits per heavy atom. The van der Waals surface area contributed by atoms with Crippen molar-refractivity contribution in [2.24, 2.45) is 0 Å². The molecule has 0 unspecified atom stereocenters. The van der Waals surface area contributed by atoms with Crippen LogP contribution in [0, 0.1) is 0 Å². The van der Waals surface area contributed by atoms with Crippen molar-refractivity contribution in [3.8, 4) is 0 Å². The molecule has 0 aromatic heterocycles. The van der Waals surface area contributed by atoms with Gasteiger partial charge in [0.2, 0.25) is 0 Å². The van der Waals surface area contributed by atoms with Gasteiger partial charge in [-0.05, 0) is 6.92 Å². The molecule has 0 saturated carbocycles. The van der Waals surface area contributed by atoms with E-state index in [1.807, 2.05) is 25.9 Å². The Kier molecular flexibility index (Phi) is 3.88. The van der Waals surface area contributed by atoms with Crippen LogP contribution in [-0.4, -0.2) is 26.1 Å². The van der Waals surface area contributed by atoms with Crippen molar-refractivity contribution >= 4 is 0 Å². The quantitative estimate of drug-likeness (QED) is 0.324. The van der Waals surface area contributed by atoms with Gasteiger partial charge in [-0.25, -0.2) is 0 Å². The predicted octanol–water partition coefficient (Wildman–Crippen LogP) is 0.987. The lowest BCUT2D eigenvalue weighted by Gasteiger charge is -2.10. The third-order valence-electron chi connectivity index (χ3n) is 1.02. The van der Waals surface area contributed by atoms with Crippen LogP contribution in [0.15, 0.2) is 12.0 Å². The second-order valence-electron chi connectivity index (χ2n) is 1.92. The van der Waals surface area contributed by atoms with E-state index in [1.54, 1.807) is 6.26 Å². The summed E-state index contributed by atoms with van der Waals surface area (Å²) < 4.78 is 0. The van der Waals surface area contributed by atoms with Gasteiger partial charge in [0.1, 0.15) is 6.26 Å². The molecule has 0 saturated heterocycles. The minimum atomic E-state index is 1.01. The van der Waals surface area contributed by atoms with E-state index in [2.05, 4.69) is 9.78 Å². The SMILES string of the molecule is COO/C=C(\C)N(C)C. The summed E-state index contributed by atoms with van der Waals surface area (Å²) in [5.74, 6) is 0. The van der Waals surface area contributed by atoms with Crippen molar-refractivity contribution in [1.29, 1.82) is 0 Å². The molecule has 3 nitrogen and oxygen atoms in total. The molecule has 0 aromatic carbocycles. The molecule has 0 aliphatic carbocycles. The molecule has 0 aliphatic heterocycles. The Bertz CT molecular complexity index is 99.2. The number of allylic oxidation sites excluding steroid dienone is 1. The fraction of sp³-hybridized carbons (Fsp3) is 0.667. The molecular weight excluding hydrogens is 118 g/mol. The average Bonchev–Trinajstić information content (AvgIpc) is 1.82. The average molecular weight is 131 g/mol. The summed E-state index contributed by atoms with van der Waals surface area (Å²) in [5, 5.41) is 0. The molecule has 0 spiro atoms. The van der Waals surface area contributed by atoms with E-state index in [0.717, 1.165) is 5.70 Å². The Labute approximate surface area is 55.8 Å². The van der Waals surface area contributed by atoms with Gasteiger partial charge in [-0.1, -0.05) is 0 Å². The summed E-state index contributed by atoms with van der Waals surface area (Å²) >= 11 is 0. The second-order valence-corrected chi connectivity index (χ2v) is 1.92. The van der Waals surface area contributed by atoms with E-state index in [-0.39, 0.29) is 0 Å². The number of rotatable bonds is 3. The molecule has 54 valence electrons. The first-order valence-electron chi connectivity index (χ1n) is 2.72. The Morgan fingerprint density at radius 3 is 2.33 bits per heavy atom. The Hall–Kier alpha value is -0.700. The van der Waals surface area contributed by atoms with Crippen molar-refractivity contribution in [2.75, 3.05) is 21.2 Å². The van der Waals surface area contributed by atoms with Crippen molar-refractivity contribution in [2.45, 2.75) is 6.92 Å². The maximum atomic E-state index is 4.55. The van der Waals surface area contributed by atoms with E-state index < -0.39 is 0 Å². The maximum Gasteiger partial charge on any atom is 0.148 e. The summed E-state index contributed by atoms with van der Waals surface area (Å²) in [7, 11) is 5.34. The normalized spacial score (nSPS) is 11.3. The summed E-state index contributed by atoms with van der Waals surface area (Å²) in [6.07, 6.45) is 1.54. The number of nitrogens with zero attached hydrogens (tertiary/aromatic N) is 1. The highest BCUT2D eigenvalue weighted by Gasteiger charge is 1.88. The number of hydrogen-bond donors (Lipinski definition) is 0. The van der Waals surface area contributed by atoms with Gasteiger partial charge in [0.15, 0.2) is 0 Å². The third kappa shape index (κ3) is 3.85. The van der Waals surface area contributed by atoms with Gasteiger partial charge in [0.25, 0.3) is 0 Å². The molecule has 0 rings (SSSR count). The van der Waals surface area contributed by atoms with Crippen LogP contribution in [0.5, 0.6) is 0 Å². The topological polar surface area (TPSA) is 21.7 Å². The van der Waals surface area contributed by atoms with E-state index in [4.69, 9.17) is 0 Å². The lowest BCUT2D eigenvalue weighted by molar-refractivity contribution is -0.224. The molecule has 3 heteroatoms. The van der Waals surface area contributed by atoms with E-state index in [1.165, 1.54) is 7.11 Å². The highest BCUT2D eigenvalue weighted by Crippen LogP contribution is 1.95. The van der Waals surface area contributed by atoms with E-state index >= 15 is 0 Å². The monoisotopic (exact) mass is 131 g/mol. The molecule has 9 heavy (non-hydrogen) atoms. The predicted molar refractivity (Wildman–Crippen MR) is 35.5 cm³/mol. The summed E-state index contributed by atoms with van der Waals surface area (Å²) in [4.78, 5) is 10.8. The second kappa shape index (κ2) is 4.21. The van der Waals surface area contributed by atoms with Crippen LogP contribution in [0.1, 0.15) is 6.92 Å². The molecular formula is C6H13NO2. The fourth-order valence-electron chi connectivity index (χ4n) is 0.223. The van der Waals surface area contributed by atoms with Crippen molar-refractivity contribution < 1.29 is 9.78 Å². The Balaban J connectivity index is 3.55. The van der Waals surface area contributed by atoms with Crippen LogP contribution in [0.25, 0.3) is 0 Å². The highest BCUT2D eigenvalue weighted by atomic mass is 17.2. The molecule has 0 heterocycles. The van der Waals surface area contributed by atoms with E-state index in [0.29, 0.717) is 0 Å². The molecule has 0 N–H and O–H groups in total. The third-order valence-corrected chi connectivity index (χ3v) is 1.02. The molecule has 0 atom stereocenters. The standard InChI is InChI=1S/C6H13NO2/c1-6(7(2)3)5-9-8-4/h5H,1-4H3/b6-5+. The van der Waals surface area contributed by atoms with Crippen LogP contribution in [-0.2, 0) is 9.78 Å². The summed E-state index contributed by atoms with van der Waals surface area (Å²) in [6.45, 7) is 1.93. The van der Waals surface area contributed by atoms with Gasteiger partial charge in [-0.2, -0.15) is 4.89 Å². The fourth-order valence-corrected chi connectivity index (χ4v) is 0.223. The van der Waals surface area contributed by atoms with Crippen molar-refractivity contribution in [3.05, 3.63) is 12.0 Å². The minimum absolute atomic E-state index is 1.01. The smallest absolute Gasteiger partial charge is 0.148 e. The largest absolute Gasteiger partial charge is 0.379 e. The van der Waals surface area contributed by atoms with Crippen LogP contribution in [0.2, 0.25) is 0 Å². The minimum Gasteiger partial charge on any atom is -0.379 e. The van der Waals surface area contributed by atoms with Gasteiger partial charge in [0, 0.05) is 19.8 Å². The zero-order valence-corrected chi connectivity index (χ0v) is 6.34. The first kappa shape index (κ1) is 8.30. The van der Waals surface area contributed by atoms with Gasteiger partial charge in [0.05, 0.1) is 7.11 Å². The zero-order valence-electron chi connectivity index (χ0n) is 6.34. The first-order valence-corrected chi connectivity index (χ1v) is 2.72. The maximum absolute atomic E-state index is 4.55. The molecule has 0 radical (unpaired) electrons. The zero-order chi connectivity index (χ0) is 7.28. The molecule has 0 bridgehead atoms. The lowest BCUT2D eigenvalue weighted by Crippen LogP contribution is -2.08. The van der Waals surface area contributed by atoms with Crippen LogP contribution in [0.3, 0.4) is 0 Å². The van der Waals surface area contributed by atoms with Crippen LogP contribution >= 0.6 is 0 Å². The molecule has 0 aromatic rings. The van der Waals surface area contributed by atoms with Gasteiger partial charge < -0.3 is 9.79 Å². The summed E-state index contributed by atoms with van der Waals surface area (Å²) in [5.41, 5.74) is 1.01. The van der Waals surface area contributed by atoms with Gasteiger partial charge >= 0.3 is 0 Å². The van der Waals surface area contributed by atoms with Crippen molar-refractivity contribution in [1.82, 2.24) is 4.90 Å². The Morgan fingerprint density at radius 2 is 2.00 bits per heavy atom. The van der Waals surface area contributed by atoms with Crippen LogP contribution in [0.4, 0.5) is 0 Å². The molecule has 0 aliphatic rings. The lowest BCUT2D eigenvalue weighted by atomic mass is 10.5. The molecule has 0 amide bonds. The van der Waals surface area contributed by atoms with Crippen molar-refractivity contribution in [3.63, 3.8) is 0 Å². The van der Waals surface area contributed by atoms with Crippen LogP contribution < -0.4 is 0 Å². The van der Waals surface area contributed by atoms with Gasteiger partial charge in [-0.3, -0.25) is 0 Å². The van der Waals surface area contributed by atoms with Gasteiger partial charge in [-0.15, -0.1) is 0 Å². The number of hydrogen-bond acceptors (Lipinski definition) is 3. The van der Waals surface area contributed by atoms with E-state index in [9.17, 15) is 0 Å². The highest BCUT2D eigenvalue weighted by molar-refractivity contribution is 4.88. The molecule has 0 fully saturated rings.